The Morgan fingerprint density at radius 3 is 2.37 bits per heavy atom. The van der Waals surface area contributed by atoms with Crippen molar-refractivity contribution in [3.8, 4) is 5.75 Å². The van der Waals surface area contributed by atoms with Crippen molar-refractivity contribution in [2.75, 3.05) is 0 Å². The number of ether oxygens (including phenoxy) is 1. The van der Waals surface area contributed by atoms with Gasteiger partial charge in [-0.2, -0.15) is 0 Å². The third-order valence-electron chi connectivity index (χ3n) is 2.51. The minimum atomic E-state index is -1.51. The van der Waals surface area contributed by atoms with Crippen molar-refractivity contribution in [2.45, 2.75) is 6.61 Å². The monoisotopic (exact) mass is 266 g/mol. The number of benzene rings is 2. The van der Waals surface area contributed by atoms with E-state index in [9.17, 15) is 18.0 Å². The number of halogens is 3. The van der Waals surface area contributed by atoms with E-state index in [0.717, 1.165) is 5.56 Å². The van der Waals surface area contributed by atoms with Crippen LogP contribution in [0.5, 0.6) is 5.75 Å². The van der Waals surface area contributed by atoms with Crippen molar-refractivity contribution in [1.82, 2.24) is 0 Å². The molecule has 0 amide bonds. The first kappa shape index (κ1) is 13.1. The van der Waals surface area contributed by atoms with E-state index in [1.165, 1.54) is 0 Å². The number of hydrogen-bond acceptors (Lipinski definition) is 2. The van der Waals surface area contributed by atoms with Crippen molar-refractivity contribution in [2.24, 2.45) is 0 Å². The molecule has 2 rings (SSSR count). The Bertz CT molecular complexity index is 597. The molecule has 0 bridgehead atoms. The van der Waals surface area contributed by atoms with E-state index in [0.29, 0.717) is 6.07 Å². The number of carbonyl (C=O) groups excluding carboxylic acids is 1. The summed E-state index contributed by atoms with van der Waals surface area (Å²) < 4.78 is 45.0. The van der Waals surface area contributed by atoms with Crippen LogP contribution in [0.15, 0.2) is 36.4 Å². The van der Waals surface area contributed by atoms with Gasteiger partial charge in [-0.1, -0.05) is 30.3 Å². The highest BCUT2D eigenvalue weighted by Gasteiger charge is 2.19. The first-order valence-corrected chi connectivity index (χ1v) is 5.43. The lowest BCUT2D eigenvalue weighted by atomic mass is 10.2. The fourth-order valence-electron chi connectivity index (χ4n) is 1.54. The molecule has 5 heteroatoms. The quantitative estimate of drug-likeness (QED) is 0.625. The van der Waals surface area contributed by atoms with Crippen LogP contribution >= 0.6 is 0 Å². The molecule has 0 heterocycles. The van der Waals surface area contributed by atoms with Gasteiger partial charge < -0.3 is 4.74 Å². The van der Waals surface area contributed by atoms with E-state index in [-0.39, 0.29) is 12.9 Å². The SMILES string of the molecule is O=Cc1c(F)c(F)cc(OCc2ccccc2)c1F. The minimum Gasteiger partial charge on any atom is -0.486 e. The van der Waals surface area contributed by atoms with Gasteiger partial charge in [0.05, 0.1) is 5.56 Å². The highest BCUT2D eigenvalue weighted by Crippen LogP contribution is 2.25. The second kappa shape index (κ2) is 5.56. The lowest BCUT2D eigenvalue weighted by Gasteiger charge is -2.09. The Morgan fingerprint density at radius 1 is 1.05 bits per heavy atom. The Morgan fingerprint density at radius 2 is 1.74 bits per heavy atom. The van der Waals surface area contributed by atoms with Crippen LogP contribution in [0.4, 0.5) is 13.2 Å². The topological polar surface area (TPSA) is 26.3 Å². The van der Waals surface area contributed by atoms with Gasteiger partial charge in [0.15, 0.2) is 29.5 Å². The van der Waals surface area contributed by atoms with Crippen LogP contribution in [-0.2, 0) is 6.61 Å². The van der Waals surface area contributed by atoms with Crippen LogP contribution in [-0.4, -0.2) is 6.29 Å². The van der Waals surface area contributed by atoms with Crippen molar-refractivity contribution in [3.05, 3.63) is 65.0 Å². The third kappa shape index (κ3) is 2.76. The van der Waals surface area contributed by atoms with Gasteiger partial charge in [0.1, 0.15) is 6.61 Å². The first-order chi connectivity index (χ1) is 9.13. The molecule has 0 radical (unpaired) electrons. The van der Waals surface area contributed by atoms with Gasteiger partial charge in [-0.15, -0.1) is 0 Å². The van der Waals surface area contributed by atoms with Crippen molar-refractivity contribution in [3.63, 3.8) is 0 Å². The molecule has 2 aromatic rings. The Balaban J connectivity index is 2.26. The van der Waals surface area contributed by atoms with E-state index in [2.05, 4.69) is 0 Å². The van der Waals surface area contributed by atoms with E-state index in [1.54, 1.807) is 30.3 Å². The summed E-state index contributed by atoms with van der Waals surface area (Å²) in [6.07, 6.45) is -0.0802. The van der Waals surface area contributed by atoms with Gasteiger partial charge in [0.2, 0.25) is 0 Å². The fourth-order valence-corrected chi connectivity index (χ4v) is 1.54. The van der Waals surface area contributed by atoms with Gasteiger partial charge in [0, 0.05) is 6.07 Å². The molecule has 0 aromatic heterocycles. The number of carbonyl (C=O) groups is 1. The van der Waals surface area contributed by atoms with E-state index in [4.69, 9.17) is 4.74 Å². The summed E-state index contributed by atoms with van der Waals surface area (Å²) in [5.41, 5.74) is -0.234. The maximum absolute atomic E-state index is 13.7. The molecule has 0 saturated heterocycles. The summed E-state index contributed by atoms with van der Waals surface area (Å²) >= 11 is 0. The molecule has 98 valence electrons. The second-order valence-electron chi connectivity index (χ2n) is 3.79. The zero-order chi connectivity index (χ0) is 13.8. The second-order valence-corrected chi connectivity index (χ2v) is 3.79. The molecule has 0 atom stereocenters. The largest absolute Gasteiger partial charge is 0.486 e. The Kier molecular flexibility index (Phi) is 3.85. The van der Waals surface area contributed by atoms with E-state index < -0.39 is 28.8 Å². The highest BCUT2D eigenvalue weighted by atomic mass is 19.2. The molecule has 0 unspecified atom stereocenters. The van der Waals surface area contributed by atoms with Crippen LogP contribution < -0.4 is 4.74 Å². The van der Waals surface area contributed by atoms with Crippen LogP contribution in [0.1, 0.15) is 15.9 Å². The summed E-state index contributed by atoms with van der Waals surface area (Å²) in [5, 5.41) is 0. The zero-order valence-electron chi connectivity index (χ0n) is 9.70. The number of hydrogen-bond donors (Lipinski definition) is 0. The smallest absolute Gasteiger partial charge is 0.178 e. The summed E-state index contributed by atoms with van der Waals surface area (Å²) in [7, 11) is 0. The highest BCUT2D eigenvalue weighted by molar-refractivity contribution is 5.76. The lowest BCUT2D eigenvalue weighted by Crippen LogP contribution is -2.04. The number of aldehydes is 1. The van der Waals surface area contributed by atoms with Crippen LogP contribution in [0.3, 0.4) is 0 Å². The molecule has 2 aromatic carbocycles. The molecule has 0 aliphatic carbocycles. The molecule has 0 aliphatic rings. The van der Waals surface area contributed by atoms with Gasteiger partial charge in [-0.25, -0.2) is 13.2 Å². The van der Waals surface area contributed by atoms with Crippen LogP contribution in [0.25, 0.3) is 0 Å². The molecule has 2 nitrogen and oxygen atoms in total. The molecule has 0 N–H and O–H groups in total. The summed E-state index contributed by atoms with van der Waals surface area (Å²) in [5.74, 6) is -4.54. The Labute approximate surface area is 107 Å². The van der Waals surface area contributed by atoms with Gasteiger partial charge in [0.25, 0.3) is 0 Å². The van der Waals surface area contributed by atoms with Gasteiger partial charge in [-0.05, 0) is 5.56 Å². The first-order valence-electron chi connectivity index (χ1n) is 5.43. The van der Waals surface area contributed by atoms with Crippen LogP contribution in [0, 0.1) is 17.5 Å². The van der Waals surface area contributed by atoms with Gasteiger partial charge >= 0.3 is 0 Å². The predicted octanol–water partition coefficient (Wildman–Crippen LogP) is 3.50. The molecular weight excluding hydrogens is 257 g/mol. The molecule has 0 aliphatic heterocycles. The standard InChI is InChI=1S/C14H9F3O2/c15-11-6-12(14(17)10(7-18)13(11)16)19-8-9-4-2-1-3-5-9/h1-7H,8H2. The summed E-state index contributed by atoms with van der Waals surface area (Å²) in [6, 6.07) is 9.37. The van der Waals surface area contributed by atoms with Crippen molar-refractivity contribution in [1.29, 1.82) is 0 Å². The normalized spacial score (nSPS) is 10.3. The van der Waals surface area contributed by atoms with Crippen LogP contribution in [0.2, 0.25) is 0 Å². The van der Waals surface area contributed by atoms with Gasteiger partial charge in [-0.3, -0.25) is 4.79 Å². The fraction of sp³-hybridized carbons (Fsp3) is 0.0714. The maximum atomic E-state index is 13.7. The molecule has 0 saturated carbocycles. The van der Waals surface area contributed by atoms with Crippen molar-refractivity contribution < 1.29 is 22.7 Å². The average molecular weight is 266 g/mol. The van der Waals surface area contributed by atoms with Crippen molar-refractivity contribution >= 4 is 6.29 Å². The number of rotatable bonds is 4. The Hall–Kier alpha value is -2.30. The van der Waals surface area contributed by atoms with E-state index >= 15 is 0 Å². The predicted molar refractivity (Wildman–Crippen MR) is 62.5 cm³/mol. The summed E-state index contributed by atoms with van der Waals surface area (Å²) in [4.78, 5) is 10.5. The zero-order valence-corrected chi connectivity index (χ0v) is 9.70. The maximum Gasteiger partial charge on any atom is 0.178 e. The third-order valence-corrected chi connectivity index (χ3v) is 2.51. The minimum absolute atomic E-state index is 0.0128. The molecule has 0 spiro atoms. The van der Waals surface area contributed by atoms with E-state index in [1.807, 2.05) is 0 Å². The molecule has 0 fully saturated rings. The molecule has 19 heavy (non-hydrogen) atoms. The summed E-state index contributed by atoms with van der Waals surface area (Å²) in [6.45, 7) is -0.0128. The lowest BCUT2D eigenvalue weighted by molar-refractivity contribution is 0.111. The average Bonchev–Trinajstić information content (AvgIpc) is 2.43. The molecular formula is C14H9F3O2.